The lowest BCUT2D eigenvalue weighted by Crippen LogP contribution is -2.33. The lowest BCUT2D eigenvalue weighted by atomic mass is 10.1. The van der Waals surface area contributed by atoms with Crippen molar-refractivity contribution in [2.24, 2.45) is 0 Å². The summed E-state index contributed by atoms with van der Waals surface area (Å²) in [5, 5.41) is 5.93. The highest BCUT2D eigenvalue weighted by atomic mass is 16.6. The number of cyclic esters (lactones) is 1. The van der Waals surface area contributed by atoms with Crippen LogP contribution in [0.2, 0.25) is 0 Å². The molecule has 2 N–H and O–H groups in total. The van der Waals surface area contributed by atoms with Crippen LogP contribution in [0.4, 0.5) is 10.5 Å². The molecule has 1 atom stereocenters. The highest BCUT2D eigenvalue weighted by molar-refractivity contribution is 5.90. The summed E-state index contributed by atoms with van der Waals surface area (Å²) in [6, 6.07) is 5.67. The Balaban J connectivity index is 1.72. The predicted octanol–water partition coefficient (Wildman–Crippen LogP) is 0.630. The summed E-state index contributed by atoms with van der Waals surface area (Å²) in [6.45, 7) is 4.33. The molecule has 0 bridgehead atoms. The summed E-state index contributed by atoms with van der Waals surface area (Å²) in [5.41, 5.74) is 1.80. The second kappa shape index (κ2) is 6.23. The number of nitrogens with one attached hydrogen (secondary N) is 2. The highest BCUT2D eigenvalue weighted by Crippen LogP contribution is 2.28. The van der Waals surface area contributed by atoms with E-state index in [1.807, 2.05) is 18.2 Å². The van der Waals surface area contributed by atoms with Gasteiger partial charge in [0.2, 0.25) is 5.91 Å². The zero-order valence-electron chi connectivity index (χ0n) is 12.4. The van der Waals surface area contributed by atoms with Gasteiger partial charge in [-0.1, -0.05) is 0 Å². The maximum absolute atomic E-state index is 12.0. The molecular formula is C15H19N3O4. The van der Waals surface area contributed by atoms with Crippen LogP contribution in [0.3, 0.4) is 0 Å². The minimum atomic E-state index is -0.391. The molecule has 0 aliphatic carbocycles. The molecule has 1 fully saturated rings. The van der Waals surface area contributed by atoms with Gasteiger partial charge in [-0.15, -0.1) is 0 Å². The van der Waals surface area contributed by atoms with Gasteiger partial charge in [0.25, 0.3) is 0 Å². The molecule has 0 saturated carbocycles. The second-order valence-electron chi connectivity index (χ2n) is 5.37. The summed E-state index contributed by atoms with van der Waals surface area (Å²) >= 11 is 0. The van der Waals surface area contributed by atoms with Gasteiger partial charge in [0, 0.05) is 31.3 Å². The Kier molecular flexibility index (Phi) is 4.15. The van der Waals surface area contributed by atoms with Gasteiger partial charge in [0.15, 0.2) is 0 Å². The lowest BCUT2D eigenvalue weighted by Gasteiger charge is -2.15. The Hall–Kier alpha value is -2.28. The van der Waals surface area contributed by atoms with Crippen molar-refractivity contribution in [3.05, 3.63) is 23.8 Å². The van der Waals surface area contributed by atoms with E-state index in [1.165, 1.54) is 6.92 Å². The molecule has 2 amide bonds. The minimum absolute atomic E-state index is 0.136. The van der Waals surface area contributed by atoms with E-state index in [2.05, 4.69) is 10.6 Å². The Morgan fingerprint density at radius 1 is 1.50 bits per heavy atom. The third-order valence-electron chi connectivity index (χ3n) is 3.66. The number of nitrogens with zero attached hydrogens (tertiary/aromatic N) is 1. The Bertz CT molecular complexity index is 590. The number of amides is 2. The van der Waals surface area contributed by atoms with E-state index in [9.17, 15) is 9.59 Å². The summed E-state index contributed by atoms with van der Waals surface area (Å²) in [7, 11) is 0. The van der Waals surface area contributed by atoms with Crippen molar-refractivity contribution in [3.8, 4) is 5.75 Å². The fourth-order valence-electron chi connectivity index (χ4n) is 2.57. The standard InChI is InChI=1S/C15H19N3O4/c1-10(19)17-8-13-9-18(15(20)22-13)12-2-3-14-11(6-12)7-16-4-5-21-14/h2-3,6,13,16H,4-5,7-9H2,1H3,(H,17,19)/t13-/m0/s1. The van der Waals surface area contributed by atoms with Gasteiger partial charge in [-0.25, -0.2) is 4.79 Å². The van der Waals surface area contributed by atoms with Crippen molar-refractivity contribution in [1.29, 1.82) is 0 Å². The Morgan fingerprint density at radius 3 is 3.18 bits per heavy atom. The van der Waals surface area contributed by atoms with E-state index in [0.29, 0.717) is 26.2 Å². The molecule has 1 saturated heterocycles. The number of hydrogen-bond acceptors (Lipinski definition) is 5. The van der Waals surface area contributed by atoms with Crippen molar-refractivity contribution in [2.45, 2.75) is 19.6 Å². The van der Waals surface area contributed by atoms with E-state index >= 15 is 0 Å². The fraction of sp³-hybridized carbons (Fsp3) is 0.467. The fourth-order valence-corrected chi connectivity index (χ4v) is 2.57. The number of carbonyl (C=O) groups is 2. The lowest BCUT2D eigenvalue weighted by molar-refractivity contribution is -0.119. The molecule has 7 heteroatoms. The molecule has 0 spiro atoms. The van der Waals surface area contributed by atoms with Crippen LogP contribution in [0.25, 0.3) is 0 Å². The van der Waals surface area contributed by atoms with Crippen molar-refractivity contribution in [2.75, 3.05) is 31.1 Å². The average molecular weight is 305 g/mol. The monoisotopic (exact) mass is 305 g/mol. The first-order valence-corrected chi connectivity index (χ1v) is 7.32. The molecular weight excluding hydrogens is 286 g/mol. The first kappa shape index (κ1) is 14.6. The van der Waals surface area contributed by atoms with Gasteiger partial charge >= 0.3 is 6.09 Å². The van der Waals surface area contributed by atoms with Crippen molar-refractivity contribution >= 4 is 17.7 Å². The molecule has 2 aliphatic rings. The van der Waals surface area contributed by atoms with Gasteiger partial charge in [-0.3, -0.25) is 9.69 Å². The molecule has 22 heavy (non-hydrogen) atoms. The van der Waals surface area contributed by atoms with Crippen molar-refractivity contribution < 1.29 is 19.1 Å². The van der Waals surface area contributed by atoms with Crippen LogP contribution >= 0.6 is 0 Å². The number of hydrogen-bond donors (Lipinski definition) is 2. The maximum Gasteiger partial charge on any atom is 0.414 e. The van der Waals surface area contributed by atoms with Gasteiger partial charge in [0.05, 0.1) is 13.1 Å². The molecule has 0 unspecified atom stereocenters. The third-order valence-corrected chi connectivity index (χ3v) is 3.66. The molecule has 0 radical (unpaired) electrons. The molecule has 3 rings (SSSR count). The van der Waals surface area contributed by atoms with Crippen molar-refractivity contribution in [3.63, 3.8) is 0 Å². The predicted molar refractivity (Wildman–Crippen MR) is 79.9 cm³/mol. The van der Waals surface area contributed by atoms with Crippen LogP contribution in [0, 0.1) is 0 Å². The minimum Gasteiger partial charge on any atom is -0.492 e. The maximum atomic E-state index is 12.0. The number of rotatable bonds is 3. The topological polar surface area (TPSA) is 79.9 Å². The van der Waals surface area contributed by atoms with Crippen LogP contribution in [0.15, 0.2) is 18.2 Å². The number of anilines is 1. The summed E-state index contributed by atoms with van der Waals surface area (Å²) in [5.74, 6) is 0.707. The molecule has 1 aromatic rings. The third kappa shape index (κ3) is 3.14. The SMILES string of the molecule is CC(=O)NC[C@H]1CN(c2ccc3c(c2)CNCCO3)C(=O)O1. The zero-order valence-corrected chi connectivity index (χ0v) is 12.4. The highest BCUT2D eigenvalue weighted by Gasteiger charge is 2.32. The van der Waals surface area contributed by atoms with Gasteiger partial charge in [-0.2, -0.15) is 0 Å². The summed E-state index contributed by atoms with van der Waals surface area (Å²) < 4.78 is 10.9. The first-order valence-electron chi connectivity index (χ1n) is 7.32. The smallest absolute Gasteiger partial charge is 0.414 e. The van der Waals surface area contributed by atoms with Crippen LogP contribution in [0.1, 0.15) is 12.5 Å². The molecule has 118 valence electrons. The van der Waals surface area contributed by atoms with Crippen LogP contribution in [-0.4, -0.2) is 44.3 Å². The zero-order chi connectivity index (χ0) is 15.5. The van der Waals surface area contributed by atoms with Crippen LogP contribution in [0.5, 0.6) is 5.75 Å². The first-order chi connectivity index (χ1) is 10.6. The number of ether oxygens (including phenoxy) is 2. The molecule has 0 aromatic heterocycles. The van der Waals surface area contributed by atoms with E-state index in [1.54, 1.807) is 4.90 Å². The number of fused-ring (bicyclic) bond motifs is 1. The van der Waals surface area contributed by atoms with E-state index in [4.69, 9.17) is 9.47 Å². The van der Waals surface area contributed by atoms with Crippen LogP contribution in [-0.2, 0) is 16.1 Å². The molecule has 7 nitrogen and oxygen atoms in total. The molecule has 2 aliphatic heterocycles. The molecule has 1 aromatic carbocycles. The normalized spacial score (nSPS) is 20.7. The van der Waals surface area contributed by atoms with E-state index in [-0.39, 0.29) is 12.0 Å². The quantitative estimate of drug-likeness (QED) is 0.856. The number of benzene rings is 1. The van der Waals surface area contributed by atoms with E-state index in [0.717, 1.165) is 23.5 Å². The van der Waals surface area contributed by atoms with Gasteiger partial charge in [-0.05, 0) is 18.2 Å². The van der Waals surface area contributed by atoms with E-state index < -0.39 is 6.09 Å². The summed E-state index contributed by atoms with van der Waals surface area (Å²) in [6.07, 6.45) is -0.720. The number of carbonyl (C=O) groups excluding carboxylic acids is 2. The Labute approximate surface area is 128 Å². The second-order valence-corrected chi connectivity index (χ2v) is 5.37. The van der Waals surface area contributed by atoms with Gasteiger partial charge < -0.3 is 20.1 Å². The van der Waals surface area contributed by atoms with Crippen LogP contribution < -0.4 is 20.3 Å². The average Bonchev–Trinajstić information content (AvgIpc) is 2.71. The van der Waals surface area contributed by atoms with Gasteiger partial charge in [0.1, 0.15) is 18.5 Å². The Morgan fingerprint density at radius 2 is 2.36 bits per heavy atom. The molecule has 2 heterocycles. The largest absolute Gasteiger partial charge is 0.492 e. The summed E-state index contributed by atoms with van der Waals surface area (Å²) in [4.78, 5) is 24.5. The van der Waals surface area contributed by atoms with Crippen molar-refractivity contribution in [1.82, 2.24) is 10.6 Å².